The van der Waals surface area contributed by atoms with Crippen LogP contribution >= 0.6 is 0 Å². The average Bonchev–Trinajstić information content (AvgIpc) is 2.11. The van der Waals surface area contributed by atoms with Crippen LogP contribution in [0, 0.1) is 0 Å². The van der Waals surface area contributed by atoms with Crippen LogP contribution in [-0.2, 0) is 19.0 Å². The molecule has 12 heavy (non-hydrogen) atoms. The van der Waals surface area contributed by atoms with Crippen LogP contribution in [0.25, 0.3) is 0 Å². The molecule has 0 aliphatic rings. The number of methoxy groups -OCH3 is 2. The van der Waals surface area contributed by atoms with Gasteiger partial charge in [-0.15, -0.1) is 0 Å². The summed E-state index contributed by atoms with van der Waals surface area (Å²) in [6.45, 7) is 2.32. The van der Waals surface area contributed by atoms with Gasteiger partial charge in [0.1, 0.15) is 0 Å². The minimum absolute atomic E-state index is 0.205. The Hall–Kier alpha value is -0.610. The Balaban J connectivity index is 3.15. The summed E-state index contributed by atoms with van der Waals surface area (Å²) in [6, 6.07) is 0. The lowest BCUT2D eigenvalue weighted by Gasteiger charge is -2.09. The van der Waals surface area contributed by atoms with Gasteiger partial charge in [-0.3, -0.25) is 4.79 Å². The molecule has 0 bridgehead atoms. The van der Waals surface area contributed by atoms with Gasteiger partial charge in [-0.05, 0) is 13.3 Å². The summed E-state index contributed by atoms with van der Waals surface area (Å²) in [5, 5.41) is 0. The molecule has 0 radical (unpaired) electrons. The highest BCUT2D eigenvalue weighted by molar-refractivity contribution is 5.68. The molecule has 1 unspecified atom stereocenters. The molecule has 0 rings (SSSR count). The van der Waals surface area contributed by atoms with Crippen LogP contribution in [0.4, 0.5) is 0 Å². The SMILES string of the molecule is COC(=O)CCCOC(C)OC. The monoisotopic (exact) mass is 176 g/mol. The quantitative estimate of drug-likeness (QED) is 0.343. The van der Waals surface area contributed by atoms with Gasteiger partial charge >= 0.3 is 5.97 Å². The number of esters is 1. The van der Waals surface area contributed by atoms with Crippen molar-refractivity contribution in [2.45, 2.75) is 26.1 Å². The van der Waals surface area contributed by atoms with Gasteiger partial charge in [0.2, 0.25) is 0 Å². The van der Waals surface area contributed by atoms with Crippen molar-refractivity contribution in [2.24, 2.45) is 0 Å². The molecule has 4 heteroatoms. The van der Waals surface area contributed by atoms with E-state index in [9.17, 15) is 4.79 Å². The van der Waals surface area contributed by atoms with Gasteiger partial charge in [0.05, 0.1) is 13.7 Å². The van der Waals surface area contributed by atoms with E-state index in [4.69, 9.17) is 9.47 Å². The lowest BCUT2D eigenvalue weighted by molar-refractivity contribution is -0.142. The van der Waals surface area contributed by atoms with E-state index < -0.39 is 0 Å². The highest BCUT2D eigenvalue weighted by Crippen LogP contribution is 1.96. The van der Waals surface area contributed by atoms with Gasteiger partial charge < -0.3 is 14.2 Å². The standard InChI is InChI=1S/C8H16O4/c1-7(10-2)12-6-4-5-8(9)11-3/h7H,4-6H2,1-3H3. The fourth-order valence-electron chi connectivity index (χ4n) is 0.636. The Morgan fingerprint density at radius 3 is 2.58 bits per heavy atom. The van der Waals surface area contributed by atoms with E-state index in [-0.39, 0.29) is 12.3 Å². The maximum atomic E-state index is 10.6. The predicted octanol–water partition coefficient (Wildman–Crippen LogP) is 0.949. The summed E-state index contributed by atoms with van der Waals surface area (Å²) in [4.78, 5) is 10.6. The van der Waals surface area contributed by atoms with E-state index in [0.29, 0.717) is 19.4 Å². The Labute approximate surface area is 72.8 Å². The predicted molar refractivity (Wildman–Crippen MR) is 43.7 cm³/mol. The van der Waals surface area contributed by atoms with Gasteiger partial charge in [-0.2, -0.15) is 0 Å². The van der Waals surface area contributed by atoms with E-state index in [1.165, 1.54) is 7.11 Å². The number of hydrogen-bond donors (Lipinski definition) is 0. The number of rotatable bonds is 6. The first-order valence-corrected chi connectivity index (χ1v) is 3.92. The molecule has 0 saturated carbocycles. The maximum absolute atomic E-state index is 10.6. The highest BCUT2D eigenvalue weighted by atomic mass is 16.7. The number of carbonyl (C=O) groups is 1. The van der Waals surface area contributed by atoms with Crippen molar-refractivity contribution in [3.63, 3.8) is 0 Å². The fourth-order valence-corrected chi connectivity index (χ4v) is 0.636. The topological polar surface area (TPSA) is 44.8 Å². The third-order valence-electron chi connectivity index (χ3n) is 1.44. The number of hydrogen-bond acceptors (Lipinski definition) is 4. The molecule has 0 aromatic heterocycles. The smallest absolute Gasteiger partial charge is 0.305 e. The van der Waals surface area contributed by atoms with E-state index in [0.717, 1.165) is 0 Å². The Bertz CT molecular complexity index is 124. The van der Waals surface area contributed by atoms with Crippen molar-refractivity contribution in [1.29, 1.82) is 0 Å². The normalized spacial score (nSPS) is 12.6. The summed E-state index contributed by atoms with van der Waals surface area (Å²) >= 11 is 0. The second-order valence-corrected chi connectivity index (χ2v) is 2.35. The summed E-state index contributed by atoms with van der Waals surface area (Å²) in [5.74, 6) is -0.205. The molecular formula is C8H16O4. The van der Waals surface area contributed by atoms with Crippen LogP contribution in [0.3, 0.4) is 0 Å². The van der Waals surface area contributed by atoms with Gasteiger partial charge in [0.15, 0.2) is 6.29 Å². The summed E-state index contributed by atoms with van der Waals surface area (Å²) < 4.78 is 14.5. The van der Waals surface area contributed by atoms with Gasteiger partial charge in [0.25, 0.3) is 0 Å². The van der Waals surface area contributed by atoms with E-state index in [1.54, 1.807) is 14.0 Å². The number of carbonyl (C=O) groups excluding carboxylic acids is 1. The Morgan fingerprint density at radius 1 is 1.42 bits per heavy atom. The zero-order valence-corrected chi connectivity index (χ0v) is 7.83. The third kappa shape index (κ3) is 6.12. The molecule has 0 spiro atoms. The molecule has 0 saturated heterocycles. The highest BCUT2D eigenvalue weighted by Gasteiger charge is 2.01. The first-order valence-electron chi connectivity index (χ1n) is 3.92. The zero-order chi connectivity index (χ0) is 9.40. The Kier molecular flexibility index (Phi) is 6.70. The van der Waals surface area contributed by atoms with Crippen molar-refractivity contribution in [3.05, 3.63) is 0 Å². The minimum Gasteiger partial charge on any atom is -0.469 e. The van der Waals surface area contributed by atoms with Crippen molar-refractivity contribution in [3.8, 4) is 0 Å². The first kappa shape index (κ1) is 11.4. The van der Waals surface area contributed by atoms with Crippen molar-refractivity contribution in [1.82, 2.24) is 0 Å². The second-order valence-electron chi connectivity index (χ2n) is 2.35. The fraction of sp³-hybridized carbons (Fsp3) is 0.875. The largest absolute Gasteiger partial charge is 0.469 e. The molecule has 0 aromatic carbocycles. The van der Waals surface area contributed by atoms with Crippen LogP contribution in [0.5, 0.6) is 0 Å². The van der Waals surface area contributed by atoms with Gasteiger partial charge in [-0.1, -0.05) is 0 Å². The number of ether oxygens (including phenoxy) is 3. The van der Waals surface area contributed by atoms with E-state index in [2.05, 4.69) is 4.74 Å². The van der Waals surface area contributed by atoms with Crippen LogP contribution in [0.1, 0.15) is 19.8 Å². The molecule has 0 amide bonds. The molecule has 0 N–H and O–H groups in total. The lowest BCUT2D eigenvalue weighted by Crippen LogP contribution is -2.12. The molecule has 0 aromatic rings. The first-order chi connectivity index (χ1) is 5.70. The van der Waals surface area contributed by atoms with E-state index >= 15 is 0 Å². The molecular weight excluding hydrogens is 160 g/mol. The van der Waals surface area contributed by atoms with Crippen molar-refractivity contribution in [2.75, 3.05) is 20.8 Å². The third-order valence-corrected chi connectivity index (χ3v) is 1.44. The maximum Gasteiger partial charge on any atom is 0.305 e. The Morgan fingerprint density at radius 2 is 2.08 bits per heavy atom. The molecule has 0 aliphatic carbocycles. The summed E-state index contributed by atoms with van der Waals surface area (Å²) in [6.07, 6.45) is 0.857. The summed E-state index contributed by atoms with van der Waals surface area (Å²) in [5.41, 5.74) is 0. The molecule has 0 fully saturated rings. The lowest BCUT2D eigenvalue weighted by atomic mass is 10.3. The molecule has 1 atom stereocenters. The van der Waals surface area contributed by atoms with Crippen molar-refractivity contribution >= 4 is 5.97 Å². The molecule has 72 valence electrons. The van der Waals surface area contributed by atoms with Gasteiger partial charge in [-0.25, -0.2) is 0 Å². The van der Waals surface area contributed by atoms with Crippen molar-refractivity contribution < 1.29 is 19.0 Å². The molecule has 0 aliphatic heterocycles. The summed E-state index contributed by atoms with van der Waals surface area (Å²) in [7, 11) is 2.95. The van der Waals surface area contributed by atoms with Gasteiger partial charge in [0, 0.05) is 13.5 Å². The zero-order valence-electron chi connectivity index (χ0n) is 7.83. The minimum atomic E-state index is -0.206. The van der Waals surface area contributed by atoms with E-state index in [1.807, 2.05) is 0 Å². The molecule has 0 heterocycles. The average molecular weight is 176 g/mol. The van der Waals surface area contributed by atoms with Crippen LogP contribution in [0.2, 0.25) is 0 Å². The second kappa shape index (κ2) is 7.06. The van der Waals surface area contributed by atoms with Crippen LogP contribution in [-0.4, -0.2) is 33.1 Å². The van der Waals surface area contributed by atoms with Crippen LogP contribution < -0.4 is 0 Å². The molecule has 4 nitrogen and oxygen atoms in total. The van der Waals surface area contributed by atoms with Crippen LogP contribution in [0.15, 0.2) is 0 Å².